The second-order valence-corrected chi connectivity index (χ2v) is 6.06. The summed E-state index contributed by atoms with van der Waals surface area (Å²) in [6.45, 7) is 4.66. The van der Waals surface area contributed by atoms with E-state index < -0.39 is 0 Å². The van der Waals surface area contributed by atoms with Crippen LogP contribution in [0.15, 0.2) is 61.2 Å². The molecular formula is C21H19NO. The van der Waals surface area contributed by atoms with Gasteiger partial charge in [0.15, 0.2) is 0 Å². The summed E-state index contributed by atoms with van der Waals surface area (Å²) in [5, 5.41) is 1.15. The van der Waals surface area contributed by atoms with Gasteiger partial charge in [-0.3, -0.25) is 0 Å². The lowest BCUT2D eigenvalue weighted by molar-refractivity contribution is 0.301. The van der Waals surface area contributed by atoms with E-state index in [0.717, 1.165) is 35.2 Å². The highest BCUT2D eigenvalue weighted by Crippen LogP contribution is 2.32. The molecule has 0 saturated heterocycles. The Balaban J connectivity index is 1.54. The van der Waals surface area contributed by atoms with Crippen molar-refractivity contribution >= 4 is 16.5 Å². The Hall–Kier alpha value is -2.61. The summed E-state index contributed by atoms with van der Waals surface area (Å²) >= 11 is 0. The van der Waals surface area contributed by atoms with E-state index in [1.54, 1.807) is 0 Å². The number of fused-ring (bicyclic) bond motifs is 2. The first-order chi connectivity index (χ1) is 11.3. The molecule has 0 amide bonds. The van der Waals surface area contributed by atoms with Crippen LogP contribution in [0.1, 0.15) is 29.7 Å². The van der Waals surface area contributed by atoms with Crippen molar-refractivity contribution < 1.29 is 4.74 Å². The molecule has 0 fully saturated rings. The molecule has 114 valence electrons. The van der Waals surface area contributed by atoms with Gasteiger partial charge in [-0.2, -0.15) is 0 Å². The highest BCUT2D eigenvalue weighted by molar-refractivity contribution is 5.78. The Labute approximate surface area is 136 Å². The molecule has 0 saturated carbocycles. The van der Waals surface area contributed by atoms with Gasteiger partial charge in [0.2, 0.25) is 0 Å². The van der Waals surface area contributed by atoms with Gasteiger partial charge in [-0.15, -0.1) is 0 Å². The Morgan fingerprint density at radius 3 is 2.87 bits per heavy atom. The highest BCUT2D eigenvalue weighted by Gasteiger charge is 2.13. The molecule has 0 atom stereocenters. The SMILES string of the molecule is C=C1CCCc2ccc(OCc3ccc4ccccc4n3)cc21. The van der Waals surface area contributed by atoms with Gasteiger partial charge in [0.05, 0.1) is 11.2 Å². The molecule has 1 heterocycles. The molecule has 0 spiro atoms. The number of benzene rings is 2. The van der Waals surface area contributed by atoms with E-state index in [0.29, 0.717) is 6.61 Å². The number of ether oxygens (including phenoxy) is 1. The van der Waals surface area contributed by atoms with Crippen molar-refractivity contribution in [2.75, 3.05) is 0 Å². The van der Waals surface area contributed by atoms with Gasteiger partial charge >= 0.3 is 0 Å². The van der Waals surface area contributed by atoms with Gasteiger partial charge in [0.1, 0.15) is 12.4 Å². The number of pyridine rings is 1. The van der Waals surface area contributed by atoms with E-state index in [9.17, 15) is 0 Å². The summed E-state index contributed by atoms with van der Waals surface area (Å²) in [5.41, 5.74) is 5.82. The molecule has 4 rings (SSSR count). The van der Waals surface area contributed by atoms with Crippen molar-refractivity contribution in [1.29, 1.82) is 0 Å². The quantitative estimate of drug-likeness (QED) is 0.666. The van der Waals surface area contributed by atoms with Gasteiger partial charge in [-0.25, -0.2) is 4.98 Å². The minimum atomic E-state index is 0.482. The maximum Gasteiger partial charge on any atom is 0.130 e. The maximum atomic E-state index is 5.95. The minimum absolute atomic E-state index is 0.482. The molecule has 1 aliphatic carbocycles. The first kappa shape index (κ1) is 14.0. The molecule has 0 radical (unpaired) electrons. The third-order valence-electron chi connectivity index (χ3n) is 4.43. The molecule has 3 aromatic rings. The van der Waals surface area contributed by atoms with Crippen molar-refractivity contribution in [2.45, 2.75) is 25.9 Å². The lowest BCUT2D eigenvalue weighted by atomic mass is 9.88. The second kappa shape index (κ2) is 5.88. The zero-order valence-electron chi connectivity index (χ0n) is 13.1. The van der Waals surface area contributed by atoms with Crippen LogP contribution in [0, 0.1) is 0 Å². The largest absolute Gasteiger partial charge is 0.487 e. The number of allylic oxidation sites excluding steroid dienone is 1. The van der Waals surface area contributed by atoms with Gasteiger partial charge in [-0.05, 0) is 60.2 Å². The van der Waals surface area contributed by atoms with Crippen LogP contribution in [0.5, 0.6) is 5.75 Å². The lowest BCUT2D eigenvalue weighted by Crippen LogP contribution is -2.03. The Kier molecular flexibility index (Phi) is 3.58. The first-order valence-electron chi connectivity index (χ1n) is 8.08. The van der Waals surface area contributed by atoms with Crippen LogP contribution in [0.3, 0.4) is 0 Å². The number of nitrogens with zero attached hydrogens (tertiary/aromatic N) is 1. The average molecular weight is 301 g/mol. The Morgan fingerprint density at radius 1 is 1.00 bits per heavy atom. The molecule has 0 N–H and O–H groups in total. The zero-order valence-corrected chi connectivity index (χ0v) is 13.1. The summed E-state index contributed by atoms with van der Waals surface area (Å²) in [6, 6.07) is 18.6. The van der Waals surface area contributed by atoms with Crippen LogP contribution >= 0.6 is 0 Å². The van der Waals surface area contributed by atoms with Gasteiger partial charge < -0.3 is 4.74 Å². The predicted octanol–water partition coefficient (Wildman–Crippen LogP) is 5.16. The van der Waals surface area contributed by atoms with E-state index in [2.05, 4.69) is 41.9 Å². The van der Waals surface area contributed by atoms with Gasteiger partial charge in [0, 0.05) is 5.39 Å². The molecule has 2 heteroatoms. The van der Waals surface area contributed by atoms with Crippen LogP contribution in [0.4, 0.5) is 0 Å². The van der Waals surface area contributed by atoms with E-state index in [1.807, 2.05) is 24.3 Å². The van der Waals surface area contributed by atoms with E-state index in [-0.39, 0.29) is 0 Å². The standard InChI is InChI=1S/C21H19NO/c1-15-5-4-7-16-10-12-19(13-20(15)16)23-14-18-11-9-17-6-2-3-8-21(17)22-18/h2-3,6,8-13H,1,4-5,7,14H2. The van der Waals surface area contributed by atoms with Crippen LogP contribution in [0.2, 0.25) is 0 Å². The molecule has 0 aliphatic heterocycles. The number of para-hydroxylation sites is 1. The number of hydrogen-bond donors (Lipinski definition) is 0. The summed E-state index contributed by atoms with van der Waals surface area (Å²) < 4.78 is 5.95. The minimum Gasteiger partial charge on any atom is -0.487 e. The molecule has 0 unspecified atom stereocenters. The van der Waals surface area contributed by atoms with Crippen molar-refractivity contribution in [3.8, 4) is 5.75 Å². The number of rotatable bonds is 3. The summed E-state index contributed by atoms with van der Waals surface area (Å²) in [5.74, 6) is 0.891. The average Bonchev–Trinajstić information content (AvgIpc) is 2.60. The van der Waals surface area contributed by atoms with Gasteiger partial charge in [-0.1, -0.05) is 36.9 Å². The van der Waals surface area contributed by atoms with Crippen molar-refractivity contribution in [3.05, 3.63) is 78.0 Å². The zero-order chi connectivity index (χ0) is 15.6. The lowest BCUT2D eigenvalue weighted by Gasteiger charge is -2.19. The monoisotopic (exact) mass is 301 g/mol. The number of aromatic nitrogens is 1. The van der Waals surface area contributed by atoms with E-state index >= 15 is 0 Å². The van der Waals surface area contributed by atoms with Crippen molar-refractivity contribution in [1.82, 2.24) is 4.98 Å². The van der Waals surface area contributed by atoms with Gasteiger partial charge in [0.25, 0.3) is 0 Å². The van der Waals surface area contributed by atoms with Crippen LogP contribution < -0.4 is 4.74 Å². The normalized spacial score (nSPS) is 13.8. The number of hydrogen-bond acceptors (Lipinski definition) is 2. The van der Waals surface area contributed by atoms with Crippen LogP contribution in [-0.2, 0) is 13.0 Å². The fraction of sp³-hybridized carbons (Fsp3) is 0.190. The molecule has 23 heavy (non-hydrogen) atoms. The summed E-state index contributed by atoms with van der Waals surface area (Å²) in [4.78, 5) is 4.65. The summed E-state index contributed by atoms with van der Waals surface area (Å²) in [7, 11) is 0. The fourth-order valence-electron chi connectivity index (χ4n) is 3.17. The molecule has 2 nitrogen and oxygen atoms in total. The Morgan fingerprint density at radius 2 is 1.91 bits per heavy atom. The first-order valence-corrected chi connectivity index (χ1v) is 8.08. The van der Waals surface area contributed by atoms with E-state index in [1.165, 1.54) is 23.1 Å². The molecule has 0 bridgehead atoms. The maximum absolute atomic E-state index is 5.95. The third-order valence-corrected chi connectivity index (χ3v) is 4.43. The van der Waals surface area contributed by atoms with E-state index in [4.69, 9.17) is 4.74 Å². The van der Waals surface area contributed by atoms with Crippen LogP contribution in [0.25, 0.3) is 16.5 Å². The van der Waals surface area contributed by atoms with Crippen molar-refractivity contribution in [2.24, 2.45) is 0 Å². The fourth-order valence-corrected chi connectivity index (χ4v) is 3.17. The smallest absolute Gasteiger partial charge is 0.130 e. The van der Waals surface area contributed by atoms with Crippen molar-refractivity contribution in [3.63, 3.8) is 0 Å². The molecule has 2 aromatic carbocycles. The molecule has 1 aromatic heterocycles. The second-order valence-electron chi connectivity index (χ2n) is 6.06. The highest BCUT2D eigenvalue weighted by atomic mass is 16.5. The molecular weight excluding hydrogens is 282 g/mol. The summed E-state index contributed by atoms with van der Waals surface area (Å²) in [6.07, 6.45) is 3.43. The molecule has 1 aliphatic rings. The third kappa shape index (κ3) is 2.85. The predicted molar refractivity (Wildman–Crippen MR) is 94.5 cm³/mol. The number of aryl methyl sites for hydroxylation is 1. The van der Waals surface area contributed by atoms with Crippen LogP contribution in [-0.4, -0.2) is 4.98 Å². The Bertz CT molecular complexity index is 882. The topological polar surface area (TPSA) is 22.1 Å².